The molecule has 1 aliphatic rings. The largest absolute Gasteiger partial charge is 0.370 e. The summed E-state index contributed by atoms with van der Waals surface area (Å²) < 4.78 is 18.7. The number of nitrogens with one attached hydrogen (secondary N) is 1. The Labute approximate surface area is 141 Å². The van der Waals surface area contributed by atoms with Gasteiger partial charge in [-0.15, -0.1) is 0 Å². The van der Waals surface area contributed by atoms with Crippen molar-refractivity contribution in [3.63, 3.8) is 0 Å². The molecule has 1 N–H and O–H groups in total. The highest BCUT2D eigenvalue weighted by atomic mass is 35.5. The summed E-state index contributed by atoms with van der Waals surface area (Å²) in [6.07, 6.45) is 1.03. The van der Waals surface area contributed by atoms with Gasteiger partial charge in [-0.25, -0.2) is 4.39 Å². The lowest BCUT2D eigenvalue weighted by atomic mass is 9.88. The monoisotopic (exact) mass is 334 g/mol. The van der Waals surface area contributed by atoms with Crippen molar-refractivity contribution in [1.29, 1.82) is 0 Å². The van der Waals surface area contributed by atoms with Gasteiger partial charge in [0.15, 0.2) is 0 Å². The van der Waals surface area contributed by atoms with Gasteiger partial charge in [0.2, 0.25) is 0 Å². The van der Waals surface area contributed by atoms with E-state index in [-0.39, 0.29) is 11.7 Å². The Morgan fingerprint density at radius 1 is 0.957 bits per heavy atom. The summed E-state index contributed by atoms with van der Waals surface area (Å²) in [6.45, 7) is 4.91. The van der Waals surface area contributed by atoms with Gasteiger partial charge in [-0.05, 0) is 35.4 Å². The highest BCUT2D eigenvalue weighted by molar-refractivity contribution is 6.30. The van der Waals surface area contributed by atoms with E-state index in [4.69, 9.17) is 16.3 Å². The van der Waals surface area contributed by atoms with Crippen molar-refractivity contribution in [1.82, 2.24) is 0 Å². The van der Waals surface area contributed by atoms with Crippen molar-refractivity contribution in [2.45, 2.75) is 12.3 Å². The van der Waals surface area contributed by atoms with E-state index in [1.54, 1.807) is 17.0 Å². The minimum absolute atomic E-state index is 0.192. The van der Waals surface area contributed by atoms with Gasteiger partial charge in [-0.1, -0.05) is 35.9 Å². The fourth-order valence-electron chi connectivity index (χ4n) is 3.17. The van der Waals surface area contributed by atoms with E-state index in [2.05, 4.69) is 12.1 Å². The van der Waals surface area contributed by atoms with Gasteiger partial charge in [-0.2, -0.15) is 0 Å². The maximum absolute atomic E-state index is 13.2. The van der Waals surface area contributed by atoms with Crippen molar-refractivity contribution in [2.75, 3.05) is 32.8 Å². The van der Waals surface area contributed by atoms with Crippen molar-refractivity contribution >= 4 is 11.6 Å². The number of morpholine rings is 1. The van der Waals surface area contributed by atoms with Crippen LogP contribution < -0.4 is 4.90 Å². The van der Waals surface area contributed by atoms with Gasteiger partial charge >= 0.3 is 0 Å². The summed E-state index contributed by atoms with van der Waals surface area (Å²) in [7, 11) is 0. The first-order valence-electron chi connectivity index (χ1n) is 8.14. The van der Waals surface area contributed by atoms with Crippen LogP contribution in [0.1, 0.15) is 23.5 Å². The Kier molecular flexibility index (Phi) is 5.65. The molecule has 2 aromatic rings. The van der Waals surface area contributed by atoms with Crippen LogP contribution >= 0.6 is 11.6 Å². The molecular weight excluding hydrogens is 313 g/mol. The van der Waals surface area contributed by atoms with Crippen LogP contribution in [0.25, 0.3) is 0 Å². The molecule has 3 rings (SSSR count). The van der Waals surface area contributed by atoms with Gasteiger partial charge in [0.05, 0.1) is 19.8 Å². The molecule has 0 unspecified atom stereocenters. The van der Waals surface area contributed by atoms with Crippen molar-refractivity contribution in [3.8, 4) is 0 Å². The van der Waals surface area contributed by atoms with Crippen LogP contribution in [0.4, 0.5) is 4.39 Å². The first-order chi connectivity index (χ1) is 11.2. The Morgan fingerprint density at radius 2 is 1.52 bits per heavy atom. The summed E-state index contributed by atoms with van der Waals surface area (Å²) in [5.41, 5.74) is 2.38. The minimum atomic E-state index is -0.192. The maximum atomic E-state index is 13.2. The van der Waals surface area contributed by atoms with Crippen molar-refractivity contribution < 1.29 is 14.0 Å². The zero-order chi connectivity index (χ0) is 16.1. The smallest absolute Gasteiger partial charge is 0.123 e. The van der Waals surface area contributed by atoms with E-state index >= 15 is 0 Å². The topological polar surface area (TPSA) is 13.7 Å². The predicted octanol–water partition coefficient (Wildman–Crippen LogP) is 2.92. The van der Waals surface area contributed by atoms with Crippen LogP contribution in [0.3, 0.4) is 0 Å². The molecule has 0 aromatic heterocycles. The second-order valence-corrected chi connectivity index (χ2v) is 6.49. The molecule has 122 valence electrons. The second-order valence-electron chi connectivity index (χ2n) is 6.06. The van der Waals surface area contributed by atoms with Gasteiger partial charge in [-0.3, -0.25) is 0 Å². The molecule has 0 spiro atoms. The first-order valence-corrected chi connectivity index (χ1v) is 8.52. The second kappa shape index (κ2) is 7.91. The highest BCUT2D eigenvalue weighted by Gasteiger charge is 2.19. The molecule has 0 radical (unpaired) electrons. The lowest BCUT2D eigenvalue weighted by Gasteiger charge is -2.26. The molecule has 23 heavy (non-hydrogen) atoms. The molecule has 1 fully saturated rings. The van der Waals surface area contributed by atoms with Gasteiger partial charge < -0.3 is 9.64 Å². The molecule has 1 saturated heterocycles. The highest BCUT2D eigenvalue weighted by Crippen LogP contribution is 2.28. The Hall–Kier alpha value is -1.42. The summed E-state index contributed by atoms with van der Waals surface area (Å²) in [6, 6.07) is 14.9. The van der Waals surface area contributed by atoms with Crippen LogP contribution in [0.5, 0.6) is 0 Å². The number of quaternary nitrogens is 1. The van der Waals surface area contributed by atoms with Crippen molar-refractivity contribution in [3.05, 3.63) is 70.5 Å². The standard InChI is InChI=1S/C19H21ClFNO/c20-17-5-1-15(2-6-17)19(16-3-7-18(21)8-4-16)9-10-22-11-13-23-14-12-22/h1-8,19H,9-14H2/p+1/t19-/m1/s1. The summed E-state index contributed by atoms with van der Waals surface area (Å²) in [4.78, 5) is 1.58. The third-order valence-electron chi connectivity index (χ3n) is 4.53. The summed E-state index contributed by atoms with van der Waals surface area (Å²) in [5, 5.41) is 0.741. The Balaban J connectivity index is 1.77. The van der Waals surface area contributed by atoms with E-state index in [9.17, 15) is 4.39 Å². The SMILES string of the molecule is Fc1ccc([C@H](CC[NH+]2CCOCC2)c2ccc(Cl)cc2)cc1. The van der Waals surface area contributed by atoms with E-state index in [1.165, 1.54) is 5.56 Å². The van der Waals surface area contributed by atoms with Crippen LogP contribution in [-0.4, -0.2) is 32.8 Å². The molecule has 0 amide bonds. The lowest BCUT2D eigenvalue weighted by Crippen LogP contribution is -3.14. The average Bonchev–Trinajstić information content (AvgIpc) is 2.59. The van der Waals surface area contributed by atoms with Crippen molar-refractivity contribution in [2.24, 2.45) is 0 Å². The molecule has 1 atom stereocenters. The minimum Gasteiger partial charge on any atom is -0.370 e. The summed E-state index contributed by atoms with van der Waals surface area (Å²) in [5.74, 6) is 0.0746. The van der Waals surface area contributed by atoms with E-state index in [0.717, 1.165) is 49.9 Å². The molecule has 4 heteroatoms. The predicted molar refractivity (Wildman–Crippen MR) is 90.7 cm³/mol. The molecule has 1 aliphatic heterocycles. The molecule has 0 saturated carbocycles. The number of halogens is 2. The fraction of sp³-hybridized carbons (Fsp3) is 0.368. The summed E-state index contributed by atoms with van der Waals surface area (Å²) >= 11 is 6.01. The Bertz CT molecular complexity index is 563. The molecular formula is C19H22ClFNO+. The van der Waals surface area contributed by atoms with Gasteiger partial charge in [0.25, 0.3) is 0 Å². The normalized spacial score (nSPS) is 17.1. The van der Waals surface area contributed by atoms with E-state index in [1.807, 2.05) is 24.3 Å². The maximum Gasteiger partial charge on any atom is 0.123 e. The number of hydrogen-bond acceptors (Lipinski definition) is 1. The van der Waals surface area contributed by atoms with Crippen LogP contribution in [0.15, 0.2) is 48.5 Å². The van der Waals surface area contributed by atoms with E-state index < -0.39 is 0 Å². The van der Waals surface area contributed by atoms with Crippen LogP contribution in [-0.2, 0) is 4.74 Å². The third kappa shape index (κ3) is 4.54. The molecule has 1 heterocycles. The number of benzene rings is 2. The fourth-order valence-corrected chi connectivity index (χ4v) is 3.30. The van der Waals surface area contributed by atoms with E-state index in [0.29, 0.717) is 0 Å². The lowest BCUT2D eigenvalue weighted by molar-refractivity contribution is -0.908. The van der Waals surface area contributed by atoms with Crippen LogP contribution in [0.2, 0.25) is 5.02 Å². The quantitative estimate of drug-likeness (QED) is 0.887. The first kappa shape index (κ1) is 16.4. The molecule has 2 aromatic carbocycles. The number of hydrogen-bond donors (Lipinski definition) is 1. The molecule has 0 aliphatic carbocycles. The molecule has 0 bridgehead atoms. The zero-order valence-electron chi connectivity index (χ0n) is 13.1. The van der Waals surface area contributed by atoms with Gasteiger partial charge in [0, 0.05) is 17.4 Å². The van der Waals surface area contributed by atoms with Crippen LogP contribution in [0, 0.1) is 5.82 Å². The third-order valence-corrected chi connectivity index (χ3v) is 4.78. The zero-order valence-corrected chi connectivity index (χ0v) is 13.9. The van der Waals surface area contributed by atoms with Gasteiger partial charge in [0.1, 0.15) is 18.9 Å². The number of rotatable bonds is 5. The Morgan fingerprint density at radius 3 is 2.13 bits per heavy atom. The molecule has 2 nitrogen and oxygen atoms in total. The number of ether oxygens (including phenoxy) is 1. The average molecular weight is 335 g/mol.